The molecule has 6 nitrogen and oxygen atoms in total. The van der Waals surface area contributed by atoms with Crippen molar-refractivity contribution in [3.63, 3.8) is 0 Å². The number of aromatic nitrogens is 1. The Morgan fingerprint density at radius 2 is 2.11 bits per heavy atom. The highest BCUT2D eigenvalue weighted by Gasteiger charge is 2.13. The second-order valence-corrected chi connectivity index (χ2v) is 6.66. The fourth-order valence-electron chi connectivity index (χ4n) is 2.55. The summed E-state index contributed by atoms with van der Waals surface area (Å²) in [5.41, 5.74) is 2.52. The SMILES string of the molecule is CSC(=Nc1cccc(-c2cc(C(=O)O)c3cc(Cl)ccc3n2)c1)NC#N. The zero-order chi connectivity index (χ0) is 19.4. The van der Waals surface area contributed by atoms with E-state index in [4.69, 9.17) is 16.9 Å². The summed E-state index contributed by atoms with van der Waals surface area (Å²) in [4.78, 5) is 20.6. The van der Waals surface area contributed by atoms with Gasteiger partial charge < -0.3 is 5.11 Å². The first-order valence-electron chi connectivity index (χ1n) is 7.73. The standard InChI is InChI=1S/C19H13ClN4O2S/c1-27-19(22-10-21)23-13-4-2-3-11(7-13)17-9-15(18(25)26)14-8-12(20)5-6-16(14)24-17/h2-9H,1H3,(H,22,23)(H,25,26). The largest absolute Gasteiger partial charge is 0.478 e. The normalized spacial score (nSPS) is 11.2. The van der Waals surface area contributed by atoms with Crippen molar-refractivity contribution in [2.24, 2.45) is 4.99 Å². The zero-order valence-corrected chi connectivity index (χ0v) is 15.7. The van der Waals surface area contributed by atoms with Gasteiger partial charge >= 0.3 is 5.97 Å². The number of hydrogen-bond acceptors (Lipinski definition) is 5. The third-order valence-electron chi connectivity index (χ3n) is 3.73. The van der Waals surface area contributed by atoms with Gasteiger partial charge in [0.2, 0.25) is 0 Å². The van der Waals surface area contributed by atoms with Crippen molar-refractivity contribution in [2.75, 3.05) is 6.26 Å². The summed E-state index contributed by atoms with van der Waals surface area (Å²) in [7, 11) is 0. The average Bonchev–Trinajstić information content (AvgIpc) is 2.66. The van der Waals surface area contributed by atoms with Crippen LogP contribution in [0.3, 0.4) is 0 Å². The van der Waals surface area contributed by atoms with Gasteiger partial charge in [-0.2, -0.15) is 5.26 Å². The van der Waals surface area contributed by atoms with Gasteiger partial charge in [0.1, 0.15) is 0 Å². The van der Waals surface area contributed by atoms with E-state index in [1.165, 1.54) is 17.8 Å². The highest BCUT2D eigenvalue weighted by Crippen LogP contribution is 2.29. The molecule has 3 aromatic rings. The molecule has 0 saturated heterocycles. The number of thioether (sulfide) groups is 1. The van der Waals surface area contributed by atoms with Crippen molar-refractivity contribution in [3.8, 4) is 17.5 Å². The van der Waals surface area contributed by atoms with Crippen LogP contribution < -0.4 is 5.32 Å². The van der Waals surface area contributed by atoms with Crippen LogP contribution in [0.5, 0.6) is 0 Å². The molecule has 0 radical (unpaired) electrons. The number of pyridine rings is 1. The summed E-state index contributed by atoms with van der Waals surface area (Å²) in [6.07, 6.45) is 3.65. The Labute approximate surface area is 164 Å². The lowest BCUT2D eigenvalue weighted by Crippen LogP contribution is -2.12. The van der Waals surface area contributed by atoms with E-state index in [1.54, 1.807) is 36.4 Å². The van der Waals surface area contributed by atoms with Crippen molar-refractivity contribution >= 4 is 51.1 Å². The lowest BCUT2D eigenvalue weighted by atomic mass is 10.0. The number of carboxylic acid groups (broad SMARTS) is 1. The van der Waals surface area contributed by atoms with Crippen LogP contribution >= 0.6 is 23.4 Å². The van der Waals surface area contributed by atoms with Crippen LogP contribution in [0.1, 0.15) is 10.4 Å². The van der Waals surface area contributed by atoms with E-state index in [2.05, 4.69) is 15.3 Å². The molecule has 0 amide bonds. The van der Waals surface area contributed by atoms with Crippen LogP contribution in [0.25, 0.3) is 22.2 Å². The van der Waals surface area contributed by atoms with Gasteiger partial charge in [0.15, 0.2) is 11.4 Å². The topological polar surface area (TPSA) is 98.4 Å². The molecule has 0 aliphatic rings. The molecule has 3 rings (SSSR count). The van der Waals surface area contributed by atoms with Crippen LogP contribution in [0.2, 0.25) is 5.02 Å². The number of hydrogen-bond donors (Lipinski definition) is 2. The number of carbonyl (C=O) groups is 1. The number of nitrogens with zero attached hydrogens (tertiary/aromatic N) is 3. The van der Waals surface area contributed by atoms with E-state index in [0.717, 1.165) is 0 Å². The number of amidine groups is 1. The van der Waals surface area contributed by atoms with Gasteiger partial charge in [-0.05, 0) is 42.7 Å². The molecular formula is C19H13ClN4O2S. The molecular weight excluding hydrogens is 384 g/mol. The molecule has 2 aromatic carbocycles. The molecule has 0 saturated carbocycles. The number of halogens is 1. The van der Waals surface area contributed by atoms with E-state index in [1.807, 2.05) is 18.5 Å². The predicted molar refractivity (Wildman–Crippen MR) is 109 cm³/mol. The third kappa shape index (κ3) is 4.19. The molecule has 2 N–H and O–H groups in total. The maximum absolute atomic E-state index is 11.7. The highest BCUT2D eigenvalue weighted by molar-refractivity contribution is 8.13. The molecule has 0 spiro atoms. The number of rotatable bonds is 3. The minimum Gasteiger partial charge on any atom is -0.478 e. The van der Waals surface area contributed by atoms with Gasteiger partial charge in [0.25, 0.3) is 0 Å². The first kappa shape index (κ1) is 18.7. The number of nitriles is 1. The Kier molecular flexibility index (Phi) is 5.60. The number of fused-ring (bicyclic) bond motifs is 1. The Hall–Kier alpha value is -3.08. The van der Waals surface area contributed by atoms with Gasteiger partial charge in [-0.25, -0.2) is 14.8 Å². The number of carboxylic acids is 1. The smallest absolute Gasteiger partial charge is 0.336 e. The van der Waals surface area contributed by atoms with Gasteiger partial charge in [-0.15, -0.1) is 0 Å². The summed E-state index contributed by atoms with van der Waals surface area (Å²) in [5, 5.41) is 22.2. The van der Waals surface area contributed by atoms with E-state index in [-0.39, 0.29) is 5.56 Å². The summed E-state index contributed by atoms with van der Waals surface area (Å²) in [6.45, 7) is 0. The highest BCUT2D eigenvalue weighted by atomic mass is 35.5. The monoisotopic (exact) mass is 396 g/mol. The lowest BCUT2D eigenvalue weighted by molar-refractivity contribution is 0.0699. The molecule has 0 fully saturated rings. The predicted octanol–water partition coefficient (Wildman–Crippen LogP) is 4.67. The first-order chi connectivity index (χ1) is 13.0. The molecule has 0 bridgehead atoms. The molecule has 1 heterocycles. The van der Waals surface area contributed by atoms with Gasteiger partial charge in [-0.3, -0.25) is 5.32 Å². The fraction of sp³-hybridized carbons (Fsp3) is 0.0526. The Bertz CT molecular complexity index is 1110. The molecule has 8 heteroatoms. The second-order valence-electron chi connectivity index (χ2n) is 5.43. The van der Waals surface area contributed by atoms with Gasteiger partial charge in [0, 0.05) is 16.0 Å². The van der Waals surface area contributed by atoms with Crippen molar-refractivity contribution in [3.05, 3.63) is 59.1 Å². The Morgan fingerprint density at radius 1 is 1.30 bits per heavy atom. The fourth-order valence-corrected chi connectivity index (χ4v) is 3.06. The van der Waals surface area contributed by atoms with E-state index in [0.29, 0.717) is 38.0 Å². The molecule has 134 valence electrons. The van der Waals surface area contributed by atoms with E-state index < -0.39 is 5.97 Å². The second kappa shape index (κ2) is 8.08. The van der Waals surface area contributed by atoms with Crippen LogP contribution in [-0.4, -0.2) is 27.5 Å². The molecule has 0 aliphatic carbocycles. The quantitative estimate of drug-likeness (QED) is 0.289. The van der Waals surface area contributed by atoms with E-state index >= 15 is 0 Å². The number of aliphatic imine (C=N–C) groups is 1. The van der Waals surface area contributed by atoms with Crippen molar-refractivity contribution in [1.82, 2.24) is 10.3 Å². The number of benzene rings is 2. The molecule has 0 aliphatic heterocycles. The van der Waals surface area contributed by atoms with Gasteiger partial charge in [0.05, 0.1) is 22.5 Å². The van der Waals surface area contributed by atoms with Crippen LogP contribution in [-0.2, 0) is 0 Å². The van der Waals surface area contributed by atoms with Crippen LogP contribution in [0.4, 0.5) is 5.69 Å². The maximum atomic E-state index is 11.7. The molecule has 0 unspecified atom stereocenters. The third-order valence-corrected chi connectivity index (χ3v) is 4.55. The average molecular weight is 397 g/mol. The first-order valence-corrected chi connectivity index (χ1v) is 9.34. The Morgan fingerprint density at radius 3 is 2.81 bits per heavy atom. The Balaban J connectivity index is 2.13. The molecule has 0 atom stereocenters. The summed E-state index contributed by atoms with van der Waals surface area (Å²) in [5.74, 6) is -1.05. The number of aromatic carboxylic acids is 1. The summed E-state index contributed by atoms with van der Waals surface area (Å²) in [6, 6.07) is 13.7. The van der Waals surface area contributed by atoms with Crippen LogP contribution in [0, 0.1) is 11.5 Å². The molecule has 1 aromatic heterocycles. The summed E-state index contributed by atoms with van der Waals surface area (Å²) >= 11 is 7.31. The minimum atomic E-state index is -1.05. The van der Waals surface area contributed by atoms with E-state index in [9.17, 15) is 9.90 Å². The molecule has 27 heavy (non-hydrogen) atoms. The zero-order valence-electron chi connectivity index (χ0n) is 14.1. The lowest BCUT2D eigenvalue weighted by Gasteiger charge is -2.08. The van der Waals surface area contributed by atoms with Crippen LogP contribution in [0.15, 0.2) is 53.5 Å². The van der Waals surface area contributed by atoms with Crippen molar-refractivity contribution < 1.29 is 9.90 Å². The van der Waals surface area contributed by atoms with Crippen molar-refractivity contribution in [2.45, 2.75) is 0 Å². The minimum absolute atomic E-state index is 0.127. The number of nitrogens with one attached hydrogen (secondary N) is 1. The maximum Gasteiger partial charge on any atom is 0.336 e. The van der Waals surface area contributed by atoms with Crippen molar-refractivity contribution in [1.29, 1.82) is 5.26 Å². The van der Waals surface area contributed by atoms with Gasteiger partial charge in [-0.1, -0.05) is 35.5 Å². The summed E-state index contributed by atoms with van der Waals surface area (Å²) < 4.78 is 0.